The Hall–Kier alpha value is -1.09. The lowest BCUT2D eigenvalue weighted by Gasteiger charge is -2.32. The molecule has 1 fully saturated rings. The molecule has 1 heterocycles. The van der Waals surface area contributed by atoms with Gasteiger partial charge in [-0.2, -0.15) is 0 Å². The predicted octanol–water partition coefficient (Wildman–Crippen LogP) is 4.05. The van der Waals surface area contributed by atoms with Crippen molar-refractivity contribution in [2.24, 2.45) is 0 Å². The Labute approximate surface area is 130 Å². The highest BCUT2D eigenvalue weighted by atomic mass is 15.2. The minimum atomic E-state index is 0.145. The molecule has 0 unspecified atom stereocenters. The van der Waals surface area contributed by atoms with Crippen LogP contribution in [0.1, 0.15) is 64.1 Å². The number of aryl methyl sites for hydroxylation is 1. The minimum Gasteiger partial charge on any atom is -0.357 e. The van der Waals surface area contributed by atoms with Crippen LogP contribution in [0.15, 0.2) is 12.1 Å². The van der Waals surface area contributed by atoms with Crippen LogP contribution in [0.25, 0.3) is 0 Å². The van der Waals surface area contributed by atoms with Gasteiger partial charge in [-0.05, 0) is 58.2 Å². The van der Waals surface area contributed by atoms with Gasteiger partial charge in [-0.25, -0.2) is 4.98 Å². The number of nitrogens with zero attached hydrogens (tertiary/aromatic N) is 2. The molecule has 1 N–H and O–H groups in total. The number of nitrogens with one attached hydrogen (secondary N) is 1. The predicted molar refractivity (Wildman–Crippen MR) is 90.8 cm³/mol. The first-order valence-corrected chi connectivity index (χ1v) is 8.30. The average molecular weight is 289 g/mol. The Balaban J connectivity index is 2.10. The van der Waals surface area contributed by atoms with Gasteiger partial charge in [0.2, 0.25) is 0 Å². The Morgan fingerprint density at radius 3 is 2.48 bits per heavy atom. The second kappa shape index (κ2) is 6.78. The quantitative estimate of drug-likeness (QED) is 0.906. The molecule has 0 atom stereocenters. The van der Waals surface area contributed by atoms with Crippen LogP contribution in [0.2, 0.25) is 0 Å². The van der Waals surface area contributed by atoms with Crippen molar-refractivity contribution in [2.45, 2.75) is 77.9 Å². The maximum absolute atomic E-state index is 4.75. The highest BCUT2D eigenvalue weighted by molar-refractivity contribution is 5.43. The number of pyridine rings is 1. The van der Waals surface area contributed by atoms with Gasteiger partial charge < -0.3 is 10.2 Å². The van der Waals surface area contributed by atoms with Gasteiger partial charge in [0, 0.05) is 30.9 Å². The molecule has 0 amide bonds. The summed E-state index contributed by atoms with van der Waals surface area (Å²) >= 11 is 0. The maximum Gasteiger partial charge on any atom is 0.129 e. The van der Waals surface area contributed by atoms with Crippen molar-refractivity contribution in [3.63, 3.8) is 0 Å². The second-order valence-electron chi connectivity index (χ2n) is 7.48. The molecule has 118 valence electrons. The summed E-state index contributed by atoms with van der Waals surface area (Å²) in [5, 5.41) is 3.56. The zero-order valence-electron chi connectivity index (χ0n) is 14.4. The van der Waals surface area contributed by atoms with Gasteiger partial charge in [-0.15, -0.1) is 0 Å². The smallest absolute Gasteiger partial charge is 0.129 e. The lowest BCUT2D eigenvalue weighted by atomic mass is 9.94. The van der Waals surface area contributed by atoms with E-state index in [0.717, 1.165) is 18.1 Å². The molecular formula is C18H31N3. The third kappa shape index (κ3) is 4.99. The summed E-state index contributed by atoms with van der Waals surface area (Å²) < 4.78 is 0. The Kier molecular flexibility index (Phi) is 5.26. The molecule has 0 aromatic carbocycles. The zero-order valence-corrected chi connectivity index (χ0v) is 14.4. The number of hydrogen-bond acceptors (Lipinski definition) is 3. The fourth-order valence-corrected chi connectivity index (χ4v) is 3.03. The van der Waals surface area contributed by atoms with Crippen LogP contribution in [0.3, 0.4) is 0 Å². The summed E-state index contributed by atoms with van der Waals surface area (Å²) in [5.41, 5.74) is 2.59. The van der Waals surface area contributed by atoms with Crippen molar-refractivity contribution >= 4 is 5.82 Å². The van der Waals surface area contributed by atoms with Gasteiger partial charge in [0.15, 0.2) is 0 Å². The minimum absolute atomic E-state index is 0.145. The molecular weight excluding hydrogens is 258 g/mol. The molecule has 0 radical (unpaired) electrons. The molecule has 1 aromatic rings. The van der Waals surface area contributed by atoms with Gasteiger partial charge >= 0.3 is 0 Å². The zero-order chi connectivity index (χ0) is 15.5. The number of anilines is 1. The van der Waals surface area contributed by atoms with Gasteiger partial charge in [0.05, 0.1) is 0 Å². The molecule has 0 aliphatic heterocycles. The summed E-state index contributed by atoms with van der Waals surface area (Å²) in [6.45, 7) is 9.61. The van der Waals surface area contributed by atoms with E-state index in [1.54, 1.807) is 0 Å². The summed E-state index contributed by atoms with van der Waals surface area (Å²) in [6.07, 6.45) is 6.73. The van der Waals surface area contributed by atoms with Crippen molar-refractivity contribution < 1.29 is 0 Å². The van der Waals surface area contributed by atoms with Crippen LogP contribution in [0, 0.1) is 6.92 Å². The van der Waals surface area contributed by atoms with E-state index in [1.807, 2.05) is 0 Å². The van der Waals surface area contributed by atoms with Gasteiger partial charge in [-0.3, -0.25) is 0 Å². The van der Waals surface area contributed by atoms with Crippen LogP contribution in [0.5, 0.6) is 0 Å². The van der Waals surface area contributed by atoms with E-state index in [0.29, 0.717) is 6.04 Å². The fourth-order valence-electron chi connectivity index (χ4n) is 3.03. The molecule has 0 bridgehead atoms. The Bertz CT molecular complexity index is 456. The van der Waals surface area contributed by atoms with Gasteiger partial charge in [0.25, 0.3) is 0 Å². The van der Waals surface area contributed by atoms with E-state index < -0.39 is 0 Å². The number of rotatable bonds is 4. The topological polar surface area (TPSA) is 28.2 Å². The van der Waals surface area contributed by atoms with E-state index in [2.05, 4.69) is 57.1 Å². The van der Waals surface area contributed by atoms with Crippen molar-refractivity contribution in [1.29, 1.82) is 0 Å². The molecule has 2 rings (SSSR count). The normalized spacial score (nSPS) is 17.0. The van der Waals surface area contributed by atoms with Crippen molar-refractivity contribution in [3.8, 4) is 0 Å². The molecule has 3 nitrogen and oxygen atoms in total. The molecule has 1 saturated carbocycles. The van der Waals surface area contributed by atoms with E-state index in [-0.39, 0.29) is 5.54 Å². The monoisotopic (exact) mass is 289 g/mol. The summed E-state index contributed by atoms with van der Waals surface area (Å²) in [4.78, 5) is 7.15. The number of aromatic nitrogens is 1. The second-order valence-corrected chi connectivity index (χ2v) is 7.48. The third-order valence-electron chi connectivity index (χ3n) is 4.31. The SMILES string of the molecule is Cc1cc(CNC(C)(C)C)cc(N(C)C2CCCCC2)n1. The third-order valence-corrected chi connectivity index (χ3v) is 4.31. The van der Waals surface area contributed by atoms with Crippen molar-refractivity contribution in [2.75, 3.05) is 11.9 Å². The van der Waals surface area contributed by atoms with Crippen LogP contribution < -0.4 is 10.2 Å². The highest BCUT2D eigenvalue weighted by Crippen LogP contribution is 2.25. The first-order chi connectivity index (χ1) is 9.85. The van der Waals surface area contributed by atoms with E-state index in [9.17, 15) is 0 Å². The maximum atomic E-state index is 4.75. The molecule has 3 heteroatoms. The van der Waals surface area contributed by atoms with Crippen LogP contribution >= 0.6 is 0 Å². The van der Waals surface area contributed by atoms with Crippen LogP contribution in [0.4, 0.5) is 5.82 Å². The molecule has 1 aliphatic carbocycles. The van der Waals surface area contributed by atoms with Gasteiger partial charge in [-0.1, -0.05) is 19.3 Å². The summed E-state index contributed by atoms with van der Waals surface area (Å²) in [7, 11) is 2.21. The molecule has 1 aliphatic rings. The first-order valence-electron chi connectivity index (χ1n) is 8.30. The molecule has 0 spiro atoms. The molecule has 1 aromatic heterocycles. The molecule has 0 saturated heterocycles. The first kappa shape index (κ1) is 16.3. The van der Waals surface area contributed by atoms with E-state index in [4.69, 9.17) is 4.98 Å². The standard InChI is InChI=1S/C18H31N3/c1-14-11-15(13-19-18(2,3)4)12-17(20-14)21(5)16-9-7-6-8-10-16/h11-12,16,19H,6-10,13H2,1-5H3. The lowest BCUT2D eigenvalue weighted by molar-refractivity contribution is 0.421. The van der Waals surface area contributed by atoms with E-state index in [1.165, 1.54) is 37.7 Å². The molecule has 21 heavy (non-hydrogen) atoms. The fraction of sp³-hybridized carbons (Fsp3) is 0.722. The lowest BCUT2D eigenvalue weighted by Crippen LogP contribution is -2.36. The summed E-state index contributed by atoms with van der Waals surface area (Å²) in [6, 6.07) is 5.11. The van der Waals surface area contributed by atoms with Gasteiger partial charge in [0.1, 0.15) is 5.82 Å². The van der Waals surface area contributed by atoms with Crippen molar-refractivity contribution in [3.05, 3.63) is 23.4 Å². The summed E-state index contributed by atoms with van der Waals surface area (Å²) in [5.74, 6) is 1.13. The van der Waals surface area contributed by atoms with Crippen molar-refractivity contribution in [1.82, 2.24) is 10.3 Å². The Morgan fingerprint density at radius 2 is 1.86 bits per heavy atom. The average Bonchev–Trinajstić information content (AvgIpc) is 2.44. The largest absolute Gasteiger partial charge is 0.357 e. The number of hydrogen-bond donors (Lipinski definition) is 1. The van der Waals surface area contributed by atoms with Crippen LogP contribution in [-0.2, 0) is 6.54 Å². The van der Waals surface area contributed by atoms with E-state index >= 15 is 0 Å². The highest BCUT2D eigenvalue weighted by Gasteiger charge is 2.19. The van der Waals surface area contributed by atoms with Crippen LogP contribution in [-0.4, -0.2) is 23.6 Å². The Morgan fingerprint density at radius 1 is 1.19 bits per heavy atom.